The van der Waals surface area contributed by atoms with Crippen molar-refractivity contribution in [3.63, 3.8) is 0 Å². The van der Waals surface area contributed by atoms with E-state index in [1.807, 2.05) is 12.1 Å². The van der Waals surface area contributed by atoms with Crippen LogP contribution in [0, 0.1) is 11.6 Å². The van der Waals surface area contributed by atoms with Gasteiger partial charge in [0.1, 0.15) is 28.7 Å². The molecule has 6 rings (SSSR count). The van der Waals surface area contributed by atoms with Crippen molar-refractivity contribution in [1.82, 2.24) is 34.1 Å². The number of fused-ring (bicyclic) bond motifs is 3. The van der Waals surface area contributed by atoms with Crippen molar-refractivity contribution in [2.24, 2.45) is 0 Å². The van der Waals surface area contributed by atoms with E-state index in [4.69, 9.17) is 0 Å². The average molecular weight is 517 g/mol. The van der Waals surface area contributed by atoms with Crippen LogP contribution >= 0.6 is 0 Å². The number of hydrogen-bond donors (Lipinski definition) is 2. The number of aromatic hydroxyl groups is 1. The summed E-state index contributed by atoms with van der Waals surface area (Å²) in [7, 11) is 0. The lowest BCUT2D eigenvalue weighted by Gasteiger charge is -2.33. The fourth-order valence-corrected chi connectivity index (χ4v) is 4.85. The Hall–Kier alpha value is -4.22. The molecule has 1 aromatic carbocycles. The van der Waals surface area contributed by atoms with Crippen LogP contribution < -0.4 is 5.32 Å². The molecule has 0 radical (unpaired) electrons. The second kappa shape index (κ2) is 9.92. The van der Waals surface area contributed by atoms with Gasteiger partial charge in [0.25, 0.3) is 0 Å². The highest BCUT2D eigenvalue weighted by Crippen LogP contribution is 2.33. The van der Waals surface area contributed by atoms with Gasteiger partial charge in [0.15, 0.2) is 5.82 Å². The van der Waals surface area contributed by atoms with E-state index in [1.165, 1.54) is 12.3 Å². The van der Waals surface area contributed by atoms with Crippen LogP contribution in [0.3, 0.4) is 0 Å². The van der Waals surface area contributed by atoms with Gasteiger partial charge in [-0.2, -0.15) is 0 Å². The van der Waals surface area contributed by atoms with Crippen LogP contribution in [0.15, 0.2) is 55.1 Å². The van der Waals surface area contributed by atoms with Crippen LogP contribution in [0.25, 0.3) is 27.8 Å². The number of imidazole rings is 1. The monoisotopic (exact) mass is 516 g/mol. The van der Waals surface area contributed by atoms with Gasteiger partial charge in [-0.3, -0.25) is 9.30 Å². The molecule has 0 unspecified atom stereocenters. The molecule has 4 aromatic heterocycles. The fourth-order valence-electron chi connectivity index (χ4n) is 4.85. The van der Waals surface area contributed by atoms with Gasteiger partial charge in [-0.15, -0.1) is 0 Å². The second-order valence-corrected chi connectivity index (χ2v) is 9.31. The molecular formula is C27H26F2N8O. The summed E-state index contributed by atoms with van der Waals surface area (Å²) in [5.74, 6) is -1.02. The van der Waals surface area contributed by atoms with Crippen LogP contribution in [0.4, 0.5) is 20.5 Å². The molecule has 0 bridgehead atoms. The molecule has 1 fully saturated rings. The maximum atomic E-state index is 15.1. The molecule has 1 aliphatic heterocycles. The highest BCUT2D eigenvalue weighted by Gasteiger charge is 2.18. The Kier molecular flexibility index (Phi) is 6.30. The molecule has 0 amide bonds. The minimum Gasteiger partial charge on any atom is -0.507 e. The number of halogens is 2. The quantitative estimate of drug-likeness (QED) is 0.347. The smallest absolute Gasteiger partial charge is 0.229 e. The minimum absolute atomic E-state index is 0.0172. The number of likely N-dealkylation sites (N-methyl/N-ethyl adjacent to an activating group) is 1. The SMILES string of the molecule is CCN1CCN(Cc2ccc(Nc3ncc(F)c(-c4cc(F)c5c(O)cc6nccn6c5c4)n3)nc2)CC1. The van der Waals surface area contributed by atoms with Crippen molar-refractivity contribution in [2.45, 2.75) is 13.5 Å². The predicted molar refractivity (Wildman–Crippen MR) is 140 cm³/mol. The fraction of sp³-hybridized carbons (Fsp3) is 0.259. The third-order valence-corrected chi connectivity index (χ3v) is 6.92. The first-order chi connectivity index (χ1) is 18.5. The van der Waals surface area contributed by atoms with Gasteiger partial charge < -0.3 is 15.3 Å². The highest BCUT2D eigenvalue weighted by atomic mass is 19.1. The van der Waals surface area contributed by atoms with Crippen molar-refractivity contribution in [2.75, 3.05) is 38.0 Å². The summed E-state index contributed by atoms with van der Waals surface area (Å²) in [5.41, 5.74) is 2.00. The molecular weight excluding hydrogens is 490 g/mol. The molecule has 0 atom stereocenters. The molecule has 2 N–H and O–H groups in total. The number of aromatic nitrogens is 5. The first-order valence-corrected chi connectivity index (χ1v) is 12.5. The summed E-state index contributed by atoms with van der Waals surface area (Å²) in [4.78, 5) is 21.8. The topological polar surface area (TPSA) is 94.7 Å². The van der Waals surface area contributed by atoms with E-state index >= 15 is 4.39 Å². The molecule has 194 valence electrons. The number of hydrogen-bond acceptors (Lipinski definition) is 8. The Morgan fingerprint density at radius 3 is 2.53 bits per heavy atom. The lowest BCUT2D eigenvalue weighted by molar-refractivity contribution is 0.132. The van der Waals surface area contributed by atoms with Gasteiger partial charge in [0, 0.05) is 62.9 Å². The number of anilines is 2. The van der Waals surface area contributed by atoms with Crippen molar-refractivity contribution in [3.8, 4) is 17.0 Å². The van der Waals surface area contributed by atoms with E-state index in [2.05, 4.69) is 42.0 Å². The predicted octanol–water partition coefficient (Wildman–Crippen LogP) is 4.20. The van der Waals surface area contributed by atoms with Gasteiger partial charge >= 0.3 is 0 Å². The third kappa shape index (κ3) is 4.61. The molecule has 9 nitrogen and oxygen atoms in total. The first kappa shape index (κ1) is 24.1. The molecule has 1 saturated heterocycles. The lowest BCUT2D eigenvalue weighted by Crippen LogP contribution is -2.45. The van der Waals surface area contributed by atoms with Crippen LogP contribution in [0.2, 0.25) is 0 Å². The number of rotatable bonds is 6. The average Bonchev–Trinajstić information content (AvgIpc) is 3.40. The molecule has 1 aliphatic rings. The van der Waals surface area contributed by atoms with Crippen LogP contribution in [0.5, 0.6) is 5.75 Å². The third-order valence-electron chi connectivity index (χ3n) is 6.92. The molecule has 38 heavy (non-hydrogen) atoms. The number of pyridine rings is 2. The van der Waals surface area contributed by atoms with E-state index in [0.717, 1.165) is 57.1 Å². The van der Waals surface area contributed by atoms with Crippen molar-refractivity contribution < 1.29 is 13.9 Å². The summed E-state index contributed by atoms with van der Waals surface area (Å²) in [6.07, 6.45) is 6.02. The summed E-state index contributed by atoms with van der Waals surface area (Å²) in [6, 6.07) is 7.91. The zero-order valence-corrected chi connectivity index (χ0v) is 20.8. The zero-order valence-electron chi connectivity index (χ0n) is 20.8. The molecule has 11 heteroatoms. The lowest BCUT2D eigenvalue weighted by atomic mass is 10.1. The summed E-state index contributed by atoms with van der Waals surface area (Å²) in [6.45, 7) is 8.30. The van der Waals surface area contributed by atoms with E-state index in [-0.39, 0.29) is 28.3 Å². The first-order valence-electron chi connectivity index (χ1n) is 12.5. The summed E-state index contributed by atoms with van der Waals surface area (Å²) in [5, 5.41) is 13.3. The molecule has 0 spiro atoms. The summed E-state index contributed by atoms with van der Waals surface area (Å²) >= 11 is 0. The van der Waals surface area contributed by atoms with Crippen molar-refractivity contribution >= 4 is 28.3 Å². The van der Waals surface area contributed by atoms with E-state index in [1.54, 1.807) is 22.9 Å². The van der Waals surface area contributed by atoms with Gasteiger partial charge in [-0.1, -0.05) is 13.0 Å². The van der Waals surface area contributed by atoms with Crippen molar-refractivity contribution in [3.05, 3.63) is 72.3 Å². The standard InChI is InChI=1S/C27H26F2N8O/c1-2-35-7-9-36(10-8-35)16-17-3-4-23(31-14-17)33-27-32-15-20(29)26(34-27)18-11-19(28)25-21(12-18)37-6-5-30-24(37)13-22(25)38/h3-6,11-15,38H,2,7-10,16H2,1H3,(H,31,32,33,34). The molecule has 0 saturated carbocycles. The Labute approximate surface area is 217 Å². The van der Waals surface area contributed by atoms with Crippen LogP contribution in [-0.2, 0) is 6.54 Å². The Bertz CT molecular complexity index is 1610. The van der Waals surface area contributed by atoms with Crippen LogP contribution in [-0.4, -0.2) is 72.0 Å². The minimum atomic E-state index is -0.706. The second-order valence-electron chi connectivity index (χ2n) is 9.31. The number of piperazine rings is 1. The zero-order chi connectivity index (χ0) is 26.2. The van der Waals surface area contributed by atoms with Gasteiger partial charge in [-0.25, -0.2) is 28.7 Å². The number of nitrogens with zero attached hydrogens (tertiary/aromatic N) is 7. The van der Waals surface area contributed by atoms with E-state index in [9.17, 15) is 9.50 Å². The maximum Gasteiger partial charge on any atom is 0.229 e. The Morgan fingerprint density at radius 1 is 0.947 bits per heavy atom. The van der Waals surface area contributed by atoms with Crippen LogP contribution in [0.1, 0.15) is 12.5 Å². The number of nitrogens with one attached hydrogen (secondary N) is 1. The number of benzene rings is 1. The van der Waals surface area contributed by atoms with Gasteiger partial charge in [0.2, 0.25) is 5.95 Å². The van der Waals surface area contributed by atoms with Crippen molar-refractivity contribution in [1.29, 1.82) is 0 Å². The largest absolute Gasteiger partial charge is 0.507 e. The van der Waals surface area contributed by atoms with Gasteiger partial charge in [-0.05, 0) is 30.3 Å². The molecule has 5 heterocycles. The maximum absolute atomic E-state index is 15.1. The Balaban J connectivity index is 1.24. The molecule has 0 aliphatic carbocycles. The van der Waals surface area contributed by atoms with E-state index < -0.39 is 11.6 Å². The summed E-state index contributed by atoms with van der Waals surface area (Å²) < 4.78 is 31.5. The van der Waals surface area contributed by atoms with E-state index in [0.29, 0.717) is 17.0 Å². The highest BCUT2D eigenvalue weighted by molar-refractivity contribution is 5.91. The molecule has 5 aromatic rings. The normalized spacial score (nSPS) is 14.9. The van der Waals surface area contributed by atoms with Gasteiger partial charge in [0.05, 0.1) is 17.1 Å². The Morgan fingerprint density at radius 2 is 1.76 bits per heavy atom.